The van der Waals surface area contributed by atoms with Gasteiger partial charge in [0.2, 0.25) is 17.7 Å². The Balaban J connectivity index is 3.05. The first-order chi connectivity index (χ1) is 18.9. The lowest BCUT2D eigenvalue weighted by molar-refractivity contribution is -0.142. The van der Waals surface area contributed by atoms with E-state index in [-0.39, 0.29) is 31.3 Å². The van der Waals surface area contributed by atoms with Crippen LogP contribution in [-0.4, -0.2) is 72.0 Å². The van der Waals surface area contributed by atoms with Gasteiger partial charge in [0, 0.05) is 13.0 Å². The number of aliphatic imine (C=N–C) groups is 1. The molecule has 40 heavy (non-hydrogen) atoms. The monoisotopic (exact) mass is 562 g/mol. The number of aliphatic carboxylic acids is 1. The second-order valence-corrected chi connectivity index (χ2v) is 10.2. The van der Waals surface area contributed by atoms with Gasteiger partial charge in [-0.15, -0.1) is 0 Å². The van der Waals surface area contributed by atoms with E-state index in [2.05, 4.69) is 20.9 Å². The number of nitrogens with zero attached hydrogens (tertiary/aromatic N) is 1. The van der Waals surface area contributed by atoms with E-state index in [1.165, 1.54) is 0 Å². The van der Waals surface area contributed by atoms with Gasteiger partial charge in [0.05, 0.1) is 6.04 Å². The molecule has 3 amide bonds. The Labute approximate surface area is 235 Å². The zero-order chi connectivity index (χ0) is 30.1. The Morgan fingerprint density at radius 3 is 2.02 bits per heavy atom. The van der Waals surface area contributed by atoms with Crippen LogP contribution in [0.4, 0.5) is 0 Å². The number of carbonyl (C=O) groups excluding carboxylic acids is 3. The molecule has 4 atom stereocenters. The normalized spacial score (nSPS) is 13.9. The number of guanidine groups is 1. The zero-order valence-electron chi connectivity index (χ0n) is 23.5. The van der Waals surface area contributed by atoms with Crippen molar-refractivity contribution in [2.45, 2.75) is 83.0 Å². The number of hydrogen-bond donors (Lipinski definition) is 8. The smallest absolute Gasteiger partial charge is 0.326 e. The van der Waals surface area contributed by atoms with Gasteiger partial charge in [-0.3, -0.25) is 19.4 Å². The minimum absolute atomic E-state index is 0.0486. The average molecular weight is 563 g/mol. The summed E-state index contributed by atoms with van der Waals surface area (Å²) in [5, 5.41) is 17.6. The van der Waals surface area contributed by atoms with E-state index < -0.39 is 47.9 Å². The second kappa shape index (κ2) is 18.6. The minimum Gasteiger partial charge on any atom is -0.480 e. The first kappa shape index (κ1) is 34.3. The molecule has 0 saturated heterocycles. The van der Waals surface area contributed by atoms with Crippen molar-refractivity contribution in [2.24, 2.45) is 33.8 Å². The van der Waals surface area contributed by atoms with Gasteiger partial charge in [-0.25, -0.2) is 4.79 Å². The number of rotatable bonds is 19. The number of amides is 3. The largest absolute Gasteiger partial charge is 0.480 e. The maximum atomic E-state index is 13.4. The van der Waals surface area contributed by atoms with Crippen molar-refractivity contribution in [1.29, 1.82) is 0 Å². The summed E-state index contributed by atoms with van der Waals surface area (Å²) >= 11 is 0. The Morgan fingerprint density at radius 1 is 0.850 bits per heavy atom. The maximum absolute atomic E-state index is 13.4. The second-order valence-electron chi connectivity index (χ2n) is 10.2. The molecule has 13 nitrogen and oxygen atoms in total. The molecule has 0 aliphatic carbocycles. The minimum atomic E-state index is -1.23. The van der Waals surface area contributed by atoms with E-state index in [9.17, 15) is 24.3 Å². The van der Waals surface area contributed by atoms with Gasteiger partial charge in [-0.1, -0.05) is 50.6 Å². The highest BCUT2D eigenvalue weighted by molar-refractivity contribution is 5.94. The van der Waals surface area contributed by atoms with Crippen LogP contribution in [0, 0.1) is 5.92 Å². The number of benzene rings is 1. The lowest BCUT2D eigenvalue weighted by Crippen LogP contribution is -2.57. The van der Waals surface area contributed by atoms with Crippen molar-refractivity contribution in [3.63, 3.8) is 0 Å². The van der Waals surface area contributed by atoms with E-state index in [1.54, 1.807) is 24.3 Å². The van der Waals surface area contributed by atoms with Gasteiger partial charge in [0.1, 0.15) is 18.1 Å². The van der Waals surface area contributed by atoms with Crippen molar-refractivity contribution in [3.05, 3.63) is 35.9 Å². The fourth-order valence-electron chi connectivity index (χ4n) is 3.99. The number of carbonyl (C=O) groups is 4. The van der Waals surface area contributed by atoms with Crippen molar-refractivity contribution in [3.8, 4) is 0 Å². The molecule has 4 unspecified atom stereocenters. The summed E-state index contributed by atoms with van der Waals surface area (Å²) in [7, 11) is 0. The molecule has 0 aliphatic rings. The topological polar surface area (TPSA) is 241 Å². The SMILES string of the molecule is CC(C)CC(NC(=O)C(N)CCCCN)C(=O)NC(Cc1ccccc1)C(=O)NC(CCCN=C(N)N)C(=O)O. The van der Waals surface area contributed by atoms with E-state index in [1.807, 2.05) is 19.9 Å². The number of nitrogens with two attached hydrogens (primary N) is 4. The summed E-state index contributed by atoms with van der Waals surface area (Å²) in [6, 6.07) is 4.95. The Kier molecular flexibility index (Phi) is 15.9. The molecule has 0 radical (unpaired) electrons. The van der Waals surface area contributed by atoms with Crippen molar-refractivity contribution in [1.82, 2.24) is 16.0 Å². The van der Waals surface area contributed by atoms with Crippen LogP contribution < -0.4 is 38.9 Å². The van der Waals surface area contributed by atoms with Crippen LogP contribution in [0.25, 0.3) is 0 Å². The van der Waals surface area contributed by atoms with Gasteiger partial charge in [0.15, 0.2) is 5.96 Å². The van der Waals surface area contributed by atoms with Crippen LogP contribution in [0.1, 0.15) is 57.9 Å². The third-order valence-corrected chi connectivity index (χ3v) is 6.12. The highest BCUT2D eigenvalue weighted by atomic mass is 16.4. The molecule has 0 heterocycles. The Hall–Kier alpha value is -3.71. The van der Waals surface area contributed by atoms with Crippen LogP contribution in [-0.2, 0) is 25.6 Å². The molecule has 0 bridgehead atoms. The number of carboxylic acids is 1. The first-order valence-corrected chi connectivity index (χ1v) is 13.6. The van der Waals surface area contributed by atoms with Crippen LogP contribution in [0.5, 0.6) is 0 Å². The molecule has 1 aromatic rings. The van der Waals surface area contributed by atoms with Crippen LogP contribution in [0.2, 0.25) is 0 Å². The molecule has 224 valence electrons. The van der Waals surface area contributed by atoms with Crippen LogP contribution in [0.3, 0.4) is 0 Å². The number of carboxylic acid groups (broad SMARTS) is 1. The lowest BCUT2D eigenvalue weighted by Gasteiger charge is -2.26. The maximum Gasteiger partial charge on any atom is 0.326 e. The molecule has 12 N–H and O–H groups in total. The van der Waals surface area contributed by atoms with E-state index in [0.717, 1.165) is 12.0 Å². The summed E-state index contributed by atoms with van der Waals surface area (Å²) in [5.41, 5.74) is 22.9. The summed E-state index contributed by atoms with van der Waals surface area (Å²) < 4.78 is 0. The molecule has 1 rings (SSSR count). The molecule has 0 fully saturated rings. The first-order valence-electron chi connectivity index (χ1n) is 13.6. The molecule has 1 aromatic carbocycles. The van der Waals surface area contributed by atoms with E-state index in [0.29, 0.717) is 32.2 Å². The van der Waals surface area contributed by atoms with Crippen molar-refractivity contribution < 1.29 is 24.3 Å². The highest BCUT2D eigenvalue weighted by Gasteiger charge is 2.30. The predicted molar refractivity (Wildman–Crippen MR) is 154 cm³/mol. The van der Waals surface area contributed by atoms with E-state index in [4.69, 9.17) is 22.9 Å². The Bertz CT molecular complexity index is 969. The molecule has 13 heteroatoms. The van der Waals surface area contributed by atoms with Gasteiger partial charge < -0.3 is 44.0 Å². The fourth-order valence-corrected chi connectivity index (χ4v) is 3.99. The number of unbranched alkanes of at least 4 members (excludes halogenated alkanes) is 1. The fraction of sp³-hybridized carbons (Fsp3) is 0.593. The van der Waals surface area contributed by atoms with Gasteiger partial charge in [-0.05, 0) is 50.1 Å². The molecule has 0 aliphatic heterocycles. The van der Waals surface area contributed by atoms with Gasteiger partial charge in [-0.2, -0.15) is 0 Å². The predicted octanol–water partition coefficient (Wildman–Crippen LogP) is -0.676. The third-order valence-electron chi connectivity index (χ3n) is 6.12. The van der Waals surface area contributed by atoms with Crippen molar-refractivity contribution in [2.75, 3.05) is 13.1 Å². The number of hydrogen-bond acceptors (Lipinski definition) is 7. The average Bonchev–Trinajstić information content (AvgIpc) is 2.89. The molecule has 0 saturated carbocycles. The highest BCUT2D eigenvalue weighted by Crippen LogP contribution is 2.10. The lowest BCUT2D eigenvalue weighted by atomic mass is 10.00. The standard InChI is InChI=1S/C27H46N8O5/c1-17(2)15-21(34-23(36)19(29)11-6-7-13-28)24(37)35-22(16-18-9-4-3-5-10-18)25(38)33-20(26(39)40)12-8-14-32-27(30)31/h3-5,9-10,17,19-22H,6-8,11-16,28-29H2,1-2H3,(H,33,38)(H,34,36)(H,35,37)(H,39,40)(H4,30,31,32). The summed E-state index contributed by atoms with van der Waals surface area (Å²) in [4.78, 5) is 55.0. The van der Waals surface area contributed by atoms with Crippen LogP contribution >= 0.6 is 0 Å². The van der Waals surface area contributed by atoms with E-state index >= 15 is 0 Å². The zero-order valence-corrected chi connectivity index (χ0v) is 23.5. The Morgan fingerprint density at radius 2 is 1.45 bits per heavy atom. The molecule has 0 aromatic heterocycles. The summed E-state index contributed by atoms with van der Waals surface area (Å²) in [5.74, 6) is -2.98. The number of nitrogens with one attached hydrogen (secondary N) is 3. The quantitative estimate of drug-likeness (QED) is 0.0604. The summed E-state index contributed by atoms with van der Waals surface area (Å²) in [6.45, 7) is 4.51. The molecular formula is C27H46N8O5. The third kappa shape index (κ3) is 13.9. The molecule has 0 spiro atoms. The van der Waals surface area contributed by atoms with Gasteiger partial charge in [0.25, 0.3) is 0 Å². The molecular weight excluding hydrogens is 516 g/mol. The van der Waals surface area contributed by atoms with Gasteiger partial charge >= 0.3 is 5.97 Å². The van der Waals surface area contributed by atoms with Crippen molar-refractivity contribution >= 4 is 29.7 Å². The summed E-state index contributed by atoms with van der Waals surface area (Å²) in [6.07, 6.45) is 2.67. The van der Waals surface area contributed by atoms with Crippen LogP contribution in [0.15, 0.2) is 35.3 Å².